The number of nitrogens with one attached hydrogen (secondary N) is 1. The minimum absolute atomic E-state index is 0.0258. The number of nitrogens with zero attached hydrogens (tertiary/aromatic N) is 2. The van der Waals surface area contributed by atoms with Crippen LogP contribution in [0.15, 0.2) is 53.6 Å². The van der Waals surface area contributed by atoms with Gasteiger partial charge in [0.1, 0.15) is 5.82 Å². The highest BCUT2D eigenvalue weighted by molar-refractivity contribution is 8.15. The van der Waals surface area contributed by atoms with E-state index in [9.17, 15) is 14.0 Å². The lowest BCUT2D eigenvalue weighted by molar-refractivity contribution is -0.124. The van der Waals surface area contributed by atoms with E-state index in [1.54, 1.807) is 19.1 Å². The van der Waals surface area contributed by atoms with Gasteiger partial charge in [-0.05, 0) is 31.0 Å². The van der Waals surface area contributed by atoms with Gasteiger partial charge in [0.15, 0.2) is 5.17 Å². The van der Waals surface area contributed by atoms with Crippen LogP contribution in [-0.2, 0) is 9.59 Å². The Morgan fingerprint density at radius 2 is 2.04 bits per heavy atom. The van der Waals surface area contributed by atoms with Gasteiger partial charge in [0.2, 0.25) is 11.8 Å². The third kappa shape index (κ3) is 4.19. The summed E-state index contributed by atoms with van der Waals surface area (Å²) in [6.45, 7) is 4.04. The highest BCUT2D eigenvalue weighted by Crippen LogP contribution is 2.26. The molecular weight excluding hydrogens is 365 g/mol. The molecule has 140 valence electrons. The van der Waals surface area contributed by atoms with E-state index in [-0.39, 0.29) is 17.6 Å². The average Bonchev–Trinajstić information content (AvgIpc) is 3.05. The molecule has 1 atom stereocenters. The number of hydrazone groups is 1. The predicted octanol–water partition coefficient (Wildman–Crippen LogP) is 3.58. The van der Waals surface area contributed by atoms with E-state index in [1.807, 2.05) is 37.3 Å². The highest BCUT2D eigenvalue weighted by Gasteiger charge is 2.27. The van der Waals surface area contributed by atoms with E-state index in [4.69, 9.17) is 0 Å². The number of amidine groups is 1. The van der Waals surface area contributed by atoms with E-state index in [0.29, 0.717) is 28.6 Å². The van der Waals surface area contributed by atoms with Crippen molar-refractivity contribution in [3.63, 3.8) is 0 Å². The lowest BCUT2D eigenvalue weighted by atomic mass is 9.96. The number of hydrogen-bond acceptors (Lipinski definition) is 4. The molecule has 2 aromatic rings. The molecule has 2 amide bonds. The molecule has 1 aliphatic rings. The molecule has 5 nitrogen and oxygen atoms in total. The van der Waals surface area contributed by atoms with Crippen molar-refractivity contribution < 1.29 is 14.0 Å². The standard InChI is InChI=1S/C20H20FN3O2S/c1-3-24-18(25)12-27-20(24)23-22-19(26)13(2)15-9-10-16(17(21)11-15)14-7-5-4-6-8-14/h4-11,13H,3,12H2,1-2H3,(H,22,26)/b23-20-. The molecule has 1 saturated heterocycles. The molecule has 0 aliphatic carbocycles. The molecule has 0 saturated carbocycles. The number of carbonyl (C=O) groups is 2. The molecule has 27 heavy (non-hydrogen) atoms. The lowest BCUT2D eigenvalue weighted by Gasteiger charge is -2.14. The molecular formula is C20H20FN3O2S. The molecule has 1 fully saturated rings. The van der Waals surface area contributed by atoms with Crippen LogP contribution in [0.1, 0.15) is 25.3 Å². The molecule has 0 radical (unpaired) electrons. The summed E-state index contributed by atoms with van der Waals surface area (Å²) in [7, 11) is 0. The van der Waals surface area contributed by atoms with Crippen molar-refractivity contribution in [1.29, 1.82) is 0 Å². The van der Waals surface area contributed by atoms with Crippen LogP contribution in [0.5, 0.6) is 0 Å². The maximum atomic E-state index is 14.5. The second kappa shape index (κ2) is 8.35. The van der Waals surface area contributed by atoms with Gasteiger partial charge < -0.3 is 0 Å². The van der Waals surface area contributed by atoms with Gasteiger partial charge in [0.25, 0.3) is 0 Å². The van der Waals surface area contributed by atoms with Gasteiger partial charge in [-0.15, -0.1) is 5.10 Å². The Morgan fingerprint density at radius 3 is 2.70 bits per heavy atom. The number of carbonyl (C=O) groups excluding carboxylic acids is 2. The predicted molar refractivity (Wildman–Crippen MR) is 106 cm³/mol. The zero-order chi connectivity index (χ0) is 19.4. The fraction of sp³-hybridized carbons (Fsp3) is 0.250. The third-order valence-corrected chi connectivity index (χ3v) is 5.37. The Morgan fingerprint density at radius 1 is 1.30 bits per heavy atom. The van der Waals surface area contributed by atoms with Crippen molar-refractivity contribution in [2.24, 2.45) is 5.10 Å². The molecule has 2 aromatic carbocycles. The first-order chi connectivity index (χ1) is 13.0. The fourth-order valence-electron chi connectivity index (χ4n) is 2.80. The minimum Gasteiger partial charge on any atom is -0.289 e. The van der Waals surface area contributed by atoms with Gasteiger partial charge in [0, 0.05) is 12.1 Å². The van der Waals surface area contributed by atoms with Crippen LogP contribution in [0, 0.1) is 5.82 Å². The fourth-order valence-corrected chi connectivity index (χ4v) is 3.70. The number of rotatable bonds is 5. The van der Waals surface area contributed by atoms with E-state index in [1.165, 1.54) is 22.7 Å². The first-order valence-corrected chi connectivity index (χ1v) is 9.65. The number of benzene rings is 2. The quantitative estimate of drug-likeness (QED) is 0.801. The minimum atomic E-state index is -0.578. The van der Waals surface area contributed by atoms with Crippen molar-refractivity contribution in [3.8, 4) is 11.1 Å². The SMILES string of the molecule is CCN1C(=O)CS/C1=N\NC(=O)C(C)c1ccc(-c2ccccc2)c(F)c1. The molecule has 1 N–H and O–H groups in total. The van der Waals surface area contributed by atoms with Crippen LogP contribution < -0.4 is 5.43 Å². The molecule has 7 heteroatoms. The highest BCUT2D eigenvalue weighted by atomic mass is 32.2. The van der Waals surface area contributed by atoms with Gasteiger partial charge in [-0.25, -0.2) is 9.82 Å². The molecule has 3 rings (SSSR count). The molecule has 0 bridgehead atoms. The summed E-state index contributed by atoms with van der Waals surface area (Å²) in [5.41, 5.74) is 4.32. The van der Waals surface area contributed by atoms with Crippen LogP contribution in [0.3, 0.4) is 0 Å². The van der Waals surface area contributed by atoms with Crippen LogP contribution >= 0.6 is 11.8 Å². The molecule has 0 spiro atoms. The van der Waals surface area contributed by atoms with Crippen LogP contribution in [0.4, 0.5) is 4.39 Å². The van der Waals surface area contributed by atoms with Crippen LogP contribution in [0.2, 0.25) is 0 Å². The summed E-state index contributed by atoms with van der Waals surface area (Å²) in [6, 6.07) is 14.1. The van der Waals surface area contributed by atoms with E-state index >= 15 is 0 Å². The second-order valence-corrected chi connectivity index (χ2v) is 7.07. The summed E-state index contributed by atoms with van der Waals surface area (Å²) < 4.78 is 14.5. The Labute approximate surface area is 161 Å². The van der Waals surface area contributed by atoms with Crippen molar-refractivity contribution in [2.75, 3.05) is 12.3 Å². The van der Waals surface area contributed by atoms with Gasteiger partial charge in [0.05, 0.1) is 11.7 Å². The maximum absolute atomic E-state index is 14.5. The number of halogens is 1. The Balaban J connectivity index is 1.72. The normalized spacial score (nSPS) is 16.6. The van der Waals surface area contributed by atoms with Crippen molar-refractivity contribution in [3.05, 3.63) is 59.9 Å². The van der Waals surface area contributed by atoms with E-state index in [0.717, 1.165) is 5.56 Å². The zero-order valence-corrected chi connectivity index (χ0v) is 15.9. The summed E-state index contributed by atoms with van der Waals surface area (Å²) >= 11 is 1.29. The van der Waals surface area contributed by atoms with Gasteiger partial charge >= 0.3 is 0 Å². The monoisotopic (exact) mass is 385 g/mol. The van der Waals surface area contributed by atoms with Crippen LogP contribution in [-0.4, -0.2) is 34.2 Å². The first kappa shape index (κ1) is 19.1. The number of hydrogen-bond donors (Lipinski definition) is 1. The summed E-state index contributed by atoms with van der Waals surface area (Å²) in [5, 5.41) is 4.53. The van der Waals surface area contributed by atoms with Crippen molar-refractivity contribution in [2.45, 2.75) is 19.8 Å². The Kier molecular flexibility index (Phi) is 5.91. The number of thioether (sulfide) groups is 1. The first-order valence-electron chi connectivity index (χ1n) is 8.66. The van der Waals surface area contributed by atoms with Gasteiger partial charge in [-0.2, -0.15) is 0 Å². The molecule has 1 unspecified atom stereocenters. The molecule has 1 heterocycles. The van der Waals surface area contributed by atoms with Gasteiger partial charge in [-0.3, -0.25) is 14.5 Å². The van der Waals surface area contributed by atoms with E-state index in [2.05, 4.69) is 10.5 Å². The molecule has 1 aliphatic heterocycles. The van der Waals surface area contributed by atoms with Crippen molar-refractivity contribution in [1.82, 2.24) is 10.3 Å². The summed E-state index contributed by atoms with van der Waals surface area (Å²) in [5.74, 6) is -1.01. The van der Waals surface area contributed by atoms with Crippen LogP contribution in [0.25, 0.3) is 11.1 Å². The van der Waals surface area contributed by atoms with Crippen molar-refractivity contribution >= 4 is 28.7 Å². The Bertz CT molecular complexity index is 886. The lowest BCUT2D eigenvalue weighted by Crippen LogP contribution is -2.32. The zero-order valence-electron chi connectivity index (χ0n) is 15.1. The number of amides is 2. The Hall–Kier alpha value is -2.67. The third-order valence-electron chi connectivity index (χ3n) is 4.41. The maximum Gasteiger partial charge on any atom is 0.247 e. The second-order valence-electron chi connectivity index (χ2n) is 6.12. The van der Waals surface area contributed by atoms with Gasteiger partial charge in [-0.1, -0.05) is 54.2 Å². The summed E-state index contributed by atoms with van der Waals surface area (Å²) in [6.07, 6.45) is 0. The molecule has 0 aromatic heterocycles. The topological polar surface area (TPSA) is 61.8 Å². The summed E-state index contributed by atoms with van der Waals surface area (Å²) in [4.78, 5) is 25.6. The van der Waals surface area contributed by atoms with E-state index < -0.39 is 5.92 Å². The largest absolute Gasteiger partial charge is 0.289 e. The average molecular weight is 385 g/mol. The smallest absolute Gasteiger partial charge is 0.247 e.